The first kappa shape index (κ1) is 11.1. The van der Waals surface area contributed by atoms with E-state index in [2.05, 4.69) is 22.4 Å². The highest BCUT2D eigenvalue weighted by Crippen LogP contribution is 2.02. The van der Waals surface area contributed by atoms with Crippen molar-refractivity contribution in [3.8, 4) is 0 Å². The second-order valence-electron chi connectivity index (χ2n) is 3.14. The third-order valence-electron chi connectivity index (χ3n) is 1.92. The van der Waals surface area contributed by atoms with Crippen molar-refractivity contribution in [3.05, 3.63) is 11.7 Å². The van der Waals surface area contributed by atoms with Gasteiger partial charge < -0.3 is 14.6 Å². The van der Waals surface area contributed by atoms with E-state index in [9.17, 15) is 0 Å². The average molecular weight is 199 g/mol. The van der Waals surface area contributed by atoms with E-state index >= 15 is 0 Å². The molecule has 1 N–H and O–H groups in total. The van der Waals surface area contributed by atoms with Crippen LogP contribution in [-0.2, 0) is 17.8 Å². The van der Waals surface area contributed by atoms with Crippen LogP contribution in [0.15, 0.2) is 4.52 Å². The largest absolute Gasteiger partial charge is 0.374 e. The van der Waals surface area contributed by atoms with E-state index in [0.717, 1.165) is 6.42 Å². The molecule has 1 aromatic heterocycles. The molecule has 1 aromatic rings. The molecule has 0 spiro atoms. The van der Waals surface area contributed by atoms with Gasteiger partial charge >= 0.3 is 0 Å². The molecule has 1 rings (SSSR count). The number of hydrogen-bond donors (Lipinski definition) is 1. The minimum absolute atomic E-state index is 0.343. The lowest BCUT2D eigenvalue weighted by molar-refractivity contribution is 0.126. The highest BCUT2D eigenvalue weighted by atomic mass is 16.5. The molecule has 0 bridgehead atoms. The average Bonchev–Trinajstić information content (AvgIpc) is 2.62. The second-order valence-corrected chi connectivity index (χ2v) is 3.14. The maximum Gasteiger partial charge on any atom is 0.228 e. The van der Waals surface area contributed by atoms with Crippen LogP contribution in [-0.4, -0.2) is 29.8 Å². The molecule has 0 fully saturated rings. The minimum Gasteiger partial charge on any atom is -0.374 e. The van der Waals surface area contributed by atoms with Crippen LogP contribution in [0.5, 0.6) is 0 Å². The highest BCUT2D eigenvalue weighted by Gasteiger charge is 2.08. The molecule has 14 heavy (non-hydrogen) atoms. The normalized spacial score (nSPS) is 13.1. The summed E-state index contributed by atoms with van der Waals surface area (Å²) in [5, 5.41) is 6.91. The number of aromatic nitrogens is 2. The van der Waals surface area contributed by atoms with Gasteiger partial charge in [-0.2, -0.15) is 4.98 Å². The zero-order valence-corrected chi connectivity index (χ0v) is 8.91. The topological polar surface area (TPSA) is 60.2 Å². The summed E-state index contributed by atoms with van der Waals surface area (Å²) in [6.07, 6.45) is 0.746. The first-order valence-electron chi connectivity index (χ1n) is 4.82. The van der Waals surface area contributed by atoms with Crippen LogP contribution < -0.4 is 5.32 Å². The van der Waals surface area contributed by atoms with Gasteiger partial charge in [-0.25, -0.2) is 0 Å². The summed E-state index contributed by atoms with van der Waals surface area (Å²) in [6.45, 7) is 5.08. The van der Waals surface area contributed by atoms with Crippen LogP contribution in [0.2, 0.25) is 0 Å². The van der Waals surface area contributed by atoms with Gasteiger partial charge in [-0.1, -0.05) is 5.16 Å². The molecule has 0 aliphatic carbocycles. The standard InChI is InChI=1S/C9H17N3O2/c1-4-13-6-8-11-9(14-12-8)5-7(2)10-3/h7,10H,4-6H2,1-3H3. The second kappa shape index (κ2) is 5.72. The predicted octanol–water partition coefficient (Wildman–Crippen LogP) is 0.756. The zero-order valence-electron chi connectivity index (χ0n) is 8.91. The van der Waals surface area contributed by atoms with Gasteiger partial charge in [-0.3, -0.25) is 0 Å². The van der Waals surface area contributed by atoms with E-state index in [0.29, 0.717) is 31.0 Å². The number of ether oxygens (including phenoxy) is 1. The van der Waals surface area contributed by atoms with Crippen LogP contribution in [0.3, 0.4) is 0 Å². The van der Waals surface area contributed by atoms with Gasteiger partial charge in [0.25, 0.3) is 0 Å². The molecule has 5 heteroatoms. The van der Waals surface area contributed by atoms with Gasteiger partial charge in [0.1, 0.15) is 6.61 Å². The van der Waals surface area contributed by atoms with Crippen molar-refractivity contribution in [2.45, 2.75) is 32.9 Å². The van der Waals surface area contributed by atoms with E-state index in [4.69, 9.17) is 9.26 Å². The lowest BCUT2D eigenvalue weighted by Gasteiger charge is -2.04. The molecule has 0 saturated carbocycles. The van der Waals surface area contributed by atoms with Crippen molar-refractivity contribution in [1.29, 1.82) is 0 Å². The summed E-state index contributed by atoms with van der Waals surface area (Å²) >= 11 is 0. The van der Waals surface area contributed by atoms with E-state index in [1.165, 1.54) is 0 Å². The summed E-state index contributed by atoms with van der Waals surface area (Å²) in [6, 6.07) is 0.343. The zero-order chi connectivity index (χ0) is 10.4. The summed E-state index contributed by atoms with van der Waals surface area (Å²) < 4.78 is 10.2. The quantitative estimate of drug-likeness (QED) is 0.732. The van der Waals surface area contributed by atoms with Crippen LogP contribution in [0, 0.1) is 0 Å². The Morgan fingerprint density at radius 1 is 1.57 bits per heavy atom. The van der Waals surface area contributed by atoms with Gasteiger partial charge in [-0.05, 0) is 20.9 Å². The maximum atomic E-state index is 5.16. The Hall–Kier alpha value is -0.940. The van der Waals surface area contributed by atoms with Gasteiger partial charge in [0.15, 0.2) is 5.82 Å². The molecule has 1 unspecified atom stereocenters. The van der Waals surface area contributed by atoms with E-state index in [-0.39, 0.29) is 0 Å². The first-order valence-corrected chi connectivity index (χ1v) is 4.82. The van der Waals surface area contributed by atoms with Crippen LogP contribution >= 0.6 is 0 Å². The molecule has 0 saturated heterocycles. The Kier molecular flexibility index (Phi) is 4.55. The summed E-state index contributed by atoms with van der Waals surface area (Å²) in [7, 11) is 1.90. The SMILES string of the molecule is CCOCc1noc(CC(C)NC)n1. The van der Waals surface area contributed by atoms with Gasteiger partial charge in [0, 0.05) is 19.1 Å². The molecular weight excluding hydrogens is 182 g/mol. The molecule has 1 atom stereocenters. The minimum atomic E-state index is 0.343. The van der Waals surface area contributed by atoms with E-state index < -0.39 is 0 Å². The first-order chi connectivity index (χ1) is 6.76. The molecular formula is C9H17N3O2. The van der Waals surface area contributed by atoms with Gasteiger partial charge in [0.2, 0.25) is 5.89 Å². The fourth-order valence-electron chi connectivity index (χ4n) is 0.989. The number of nitrogens with one attached hydrogen (secondary N) is 1. The van der Waals surface area contributed by atoms with Crippen LogP contribution in [0.4, 0.5) is 0 Å². The van der Waals surface area contributed by atoms with Crippen molar-refractivity contribution in [2.75, 3.05) is 13.7 Å². The van der Waals surface area contributed by atoms with Crippen molar-refractivity contribution in [2.24, 2.45) is 0 Å². The van der Waals surface area contributed by atoms with E-state index in [1.54, 1.807) is 0 Å². The Morgan fingerprint density at radius 2 is 2.36 bits per heavy atom. The lowest BCUT2D eigenvalue weighted by atomic mass is 10.2. The highest BCUT2D eigenvalue weighted by molar-refractivity contribution is 4.87. The Bertz CT molecular complexity index is 262. The molecule has 0 aliphatic heterocycles. The number of rotatable bonds is 6. The summed E-state index contributed by atoms with van der Waals surface area (Å²) in [4.78, 5) is 4.19. The monoisotopic (exact) mass is 199 g/mol. The fourth-order valence-corrected chi connectivity index (χ4v) is 0.989. The van der Waals surface area contributed by atoms with Crippen LogP contribution in [0.25, 0.3) is 0 Å². The molecule has 0 amide bonds. The molecule has 1 heterocycles. The van der Waals surface area contributed by atoms with Crippen molar-refractivity contribution in [1.82, 2.24) is 15.5 Å². The Labute approximate surface area is 83.8 Å². The summed E-state index contributed by atoms with van der Waals surface area (Å²) in [5.74, 6) is 1.27. The third kappa shape index (κ3) is 3.43. The van der Waals surface area contributed by atoms with Gasteiger partial charge in [-0.15, -0.1) is 0 Å². The van der Waals surface area contributed by atoms with Crippen LogP contribution in [0.1, 0.15) is 25.6 Å². The van der Waals surface area contributed by atoms with Gasteiger partial charge in [0.05, 0.1) is 0 Å². The Balaban J connectivity index is 2.42. The molecule has 5 nitrogen and oxygen atoms in total. The maximum absolute atomic E-state index is 5.16. The predicted molar refractivity (Wildman–Crippen MR) is 51.9 cm³/mol. The third-order valence-corrected chi connectivity index (χ3v) is 1.92. The van der Waals surface area contributed by atoms with Crippen molar-refractivity contribution < 1.29 is 9.26 Å². The smallest absolute Gasteiger partial charge is 0.228 e. The van der Waals surface area contributed by atoms with Crippen molar-refractivity contribution in [3.63, 3.8) is 0 Å². The van der Waals surface area contributed by atoms with Crippen molar-refractivity contribution >= 4 is 0 Å². The molecule has 0 radical (unpaired) electrons. The number of likely N-dealkylation sites (N-methyl/N-ethyl adjacent to an activating group) is 1. The Morgan fingerprint density at radius 3 is 3.00 bits per heavy atom. The number of hydrogen-bond acceptors (Lipinski definition) is 5. The number of nitrogens with zero attached hydrogens (tertiary/aromatic N) is 2. The fraction of sp³-hybridized carbons (Fsp3) is 0.778. The molecule has 0 aromatic carbocycles. The summed E-state index contributed by atoms with van der Waals surface area (Å²) in [5.41, 5.74) is 0. The molecule has 80 valence electrons. The van der Waals surface area contributed by atoms with E-state index in [1.807, 2.05) is 14.0 Å². The molecule has 0 aliphatic rings. The lowest BCUT2D eigenvalue weighted by Crippen LogP contribution is -2.23.